The van der Waals surface area contributed by atoms with Crippen LogP contribution in [-0.2, 0) is 35.3 Å². The van der Waals surface area contributed by atoms with E-state index in [2.05, 4.69) is 41.2 Å². The number of aliphatic hydroxyl groups is 2. The minimum Gasteiger partial charge on any atom is -0.389 e. The minimum absolute atomic E-state index is 0.109. The molecule has 2 aromatic carbocycles. The van der Waals surface area contributed by atoms with Crippen LogP contribution in [0.1, 0.15) is 99.8 Å². The number of aromatic amines is 2. The van der Waals surface area contributed by atoms with Gasteiger partial charge in [-0.05, 0) is 49.7 Å². The van der Waals surface area contributed by atoms with Gasteiger partial charge in [0.2, 0.25) is 11.8 Å². The summed E-state index contributed by atoms with van der Waals surface area (Å²) in [6, 6.07) is 20.1. The van der Waals surface area contributed by atoms with E-state index in [9.17, 15) is 19.8 Å². The quantitative estimate of drug-likeness (QED) is 0.0632. The maximum absolute atomic E-state index is 12.2. The van der Waals surface area contributed by atoms with E-state index in [-0.39, 0.29) is 23.9 Å². The molecular weight excluding hydrogens is 709 g/mol. The highest BCUT2D eigenvalue weighted by Gasteiger charge is 2.29. The lowest BCUT2D eigenvalue weighted by Crippen LogP contribution is -2.32. The van der Waals surface area contributed by atoms with Gasteiger partial charge in [-0.25, -0.2) is 0 Å². The maximum Gasteiger partial charge on any atom is 0.223 e. The number of amides is 2. The monoisotopic (exact) mass is 766 g/mol. The van der Waals surface area contributed by atoms with Crippen molar-refractivity contribution in [3.63, 3.8) is 0 Å². The summed E-state index contributed by atoms with van der Waals surface area (Å²) < 4.78 is 0. The maximum atomic E-state index is 12.2. The Hall–Kier alpha value is -5.08. The Morgan fingerprint density at radius 3 is 1.41 bits per heavy atom. The fourth-order valence-corrected chi connectivity index (χ4v) is 7.27. The third-order valence-corrected chi connectivity index (χ3v) is 10.3. The number of nitrogens with zero attached hydrogens (tertiary/aromatic N) is 8. The molecule has 0 bridgehead atoms. The highest BCUT2D eigenvalue weighted by Crippen LogP contribution is 2.23. The summed E-state index contributed by atoms with van der Waals surface area (Å²) in [5.74, 6) is 1.96. The number of aryl methyl sites for hydroxylation is 2. The van der Waals surface area contributed by atoms with E-state index < -0.39 is 12.2 Å². The summed E-state index contributed by atoms with van der Waals surface area (Å²) in [6.07, 6.45) is 20.8. The fraction of sp³-hybridized carbons (Fsp3) is 0.524. The van der Waals surface area contributed by atoms with Crippen molar-refractivity contribution in [2.24, 2.45) is 0 Å². The largest absolute Gasteiger partial charge is 0.389 e. The Morgan fingerprint density at radius 2 is 1.02 bits per heavy atom. The number of unbranched alkanes of at least 4 members (excludes halogenated alkanes) is 6. The smallest absolute Gasteiger partial charge is 0.223 e. The van der Waals surface area contributed by atoms with E-state index in [1.807, 2.05) is 94.8 Å². The van der Waals surface area contributed by atoms with E-state index in [1.165, 1.54) is 0 Å². The van der Waals surface area contributed by atoms with Gasteiger partial charge in [0, 0.05) is 51.6 Å². The molecule has 4 atom stereocenters. The number of hydrogen-bond acceptors (Lipinski definition) is 10. The average Bonchev–Trinajstić information content (AvgIpc) is 4.04. The summed E-state index contributed by atoms with van der Waals surface area (Å²) >= 11 is 0. The zero-order chi connectivity index (χ0) is 39.2. The Balaban J connectivity index is 0.000000214. The molecule has 14 nitrogen and oxygen atoms in total. The fourth-order valence-electron chi connectivity index (χ4n) is 7.27. The van der Waals surface area contributed by atoms with Crippen LogP contribution < -0.4 is 0 Å². The second kappa shape index (κ2) is 23.8. The third-order valence-electron chi connectivity index (χ3n) is 10.3. The van der Waals surface area contributed by atoms with E-state index in [0.717, 1.165) is 113 Å². The number of carbonyl (C=O) groups is 2. The normalized spacial score (nSPS) is 18.2. The third kappa shape index (κ3) is 14.9. The van der Waals surface area contributed by atoms with Crippen LogP contribution in [0.5, 0.6) is 0 Å². The number of carbonyl (C=O) groups excluding carboxylic acids is 2. The molecule has 0 radical (unpaired) electrons. The van der Waals surface area contributed by atoms with Gasteiger partial charge in [-0.15, -0.1) is 20.4 Å². The van der Waals surface area contributed by atoms with Gasteiger partial charge in [-0.2, -0.15) is 10.4 Å². The first-order chi connectivity index (χ1) is 27.4. The highest BCUT2D eigenvalue weighted by molar-refractivity contribution is 5.79. The van der Waals surface area contributed by atoms with Crippen molar-refractivity contribution in [1.82, 2.24) is 51.0 Å². The standard InChI is InChI=1S/2C21H29N5O2/c2*27-19(16-17-8-4-3-5-9-17)13-11-18-12-14-21(28)26(18)15-7-2-1-6-10-20-22-24-25-23-20/h2*3-5,8-9,11,13,18-19,27H,1-2,6-7,10,12,14-16H2,(H,22,23,24,25)/b2*13-11+/t18-,19+;18-,19-/m00/s1. The Bertz CT molecular complexity index is 1590. The number of H-pyrrole nitrogens is 2. The highest BCUT2D eigenvalue weighted by atomic mass is 16.3. The molecule has 0 spiro atoms. The van der Waals surface area contributed by atoms with Crippen molar-refractivity contribution < 1.29 is 19.8 Å². The van der Waals surface area contributed by atoms with Crippen LogP contribution in [0.25, 0.3) is 0 Å². The van der Waals surface area contributed by atoms with Gasteiger partial charge in [-0.3, -0.25) is 9.59 Å². The van der Waals surface area contributed by atoms with Crippen LogP contribution in [0.4, 0.5) is 0 Å². The van der Waals surface area contributed by atoms with Crippen molar-refractivity contribution in [3.05, 3.63) is 108 Å². The second-order valence-electron chi connectivity index (χ2n) is 14.7. The molecule has 300 valence electrons. The summed E-state index contributed by atoms with van der Waals surface area (Å²) in [6.45, 7) is 1.57. The molecule has 4 N–H and O–H groups in total. The molecule has 14 heteroatoms. The van der Waals surface area contributed by atoms with Gasteiger partial charge in [0.05, 0.1) is 24.3 Å². The number of nitrogens with one attached hydrogen (secondary N) is 2. The van der Waals surface area contributed by atoms with E-state index in [0.29, 0.717) is 25.7 Å². The number of tetrazole rings is 2. The van der Waals surface area contributed by atoms with Crippen molar-refractivity contribution in [3.8, 4) is 0 Å². The number of aliphatic hydroxyl groups excluding tert-OH is 2. The van der Waals surface area contributed by atoms with Gasteiger partial charge < -0.3 is 20.0 Å². The Labute approximate surface area is 329 Å². The summed E-state index contributed by atoms with van der Waals surface area (Å²) in [7, 11) is 0. The lowest BCUT2D eigenvalue weighted by atomic mass is 10.1. The molecule has 2 amide bonds. The molecule has 2 aliphatic rings. The van der Waals surface area contributed by atoms with Crippen LogP contribution in [-0.4, -0.2) is 110 Å². The molecule has 2 fully saturated rings. The molecule has 0 aliphatic carbocycles. The molecule has 4 aromatic rings. The number of benzene rings is 2. The van der Waals surface area contributed by atoms with E-state index in [4.69, 9.17) is 0 Å². The van der Waals surface area contributed by atoms with E-state index >= 15 is 0 Å². The predicted octanol–water partition coefficient (Wildman–Crippen LogP) is 4.91. The minimum atomic E-state index is -0.523. The summed E-state index contributed by atoms with van der Waals surface area (Å²) in [5, 5.41) is 48.4. The van der Waals surface area contributed by atoms with Crippen molar-refractivity contribution in [2.75, 3.05) is 13.1 Å². The van der Waals surface area contributed by atoms with Crippen molar-refractivity contribution >= 4 is 11.8 Å². The van der Waals surface area contributed by atoms with Gasteiger partial charge in [0.25, 0.3) is 0 Å². The van der Waals surface area contributed by atoms with E-state index in [1.54, 1.807) is 0 Å². The predicted molar refractivity (Wildman–Crippen MR) is 213 cm³/mol. The summed E-state index contributed by atoms with van der Waals surface area (Å²) in [4.78, 5) is 28.3. The molecule has 0 unspecified atom stereocenters. The Morgan fingerprint density at radius 1 is 0.607 bits per heavy atom. The van der Waals surface area contributed by atoms with Crippen LogP contribution in [0.15, 0.2) is 85.0 Å². The zero-order valence-electron chi connectivity index (χ0n) is 32.4. The average molecular weight is 767 g/mol. The summed E-state index contributed by atoms with van der Waals surface area (Å²) in [5.41, 5.74) is 2.22. The molecule has 56 heavy (non-hydrogen) atoms. The van der Waals surface area contributed by atoms with Crippen molar-refractivity contribution in [2.45, 2.75) is 127 Å². The molecule has 2 aromatic heterocycles. The van der Waals surface area contributed by atoms with Gasteiger partial charge in [0.1, 0.15) is 0 Å². The number of hydrogen-bond donors (Lipinski definition) is 4. The second-order valence-corrected chi connectivity index (χ2v) is 14.7. The number of likely N-dealkylation sites (tertiary alicyclic amines) is 2. The number of aromatic nitrogens is 8. The number of rotatable bonds is 22. The molecule has 0 saturated carbocycles. The van der Waals surface area contributed by atoms with Crippen LogP contribution in [0.3, 0.4) is 0 Å². The molecule has 4 heterocycles. The van der Waals surface area contributed by atoms with Crippen LogP contribution in [0.2, 0.25) is 0 Å². The van der Waals surface area contributed by atoms with Crippen molar-refractivity contribution in [1.29, 1.82) is 0 Å². The molecular formula is C42H58N10O4. The first kappa shape index (κ1) is 42.1. The molecule has 2 aliphatic heterocycles. The van der Waals surface area contributed by atoms with Gasteiger partial charge in [-0.1, -0.05) is 121 Å². The first-order valence-electron chi connectivity index (χ1n) is 20.3. The Kier molecular flexibility index (Phi) is 17.8. The lowest BCUT2D eigenvalue weighted by molar-refractivity contribution is -0.129. The first-order valence-corrected chi connectivity index (χ1v) is 20.3. The van der Waals surface area contributed by atoms with Crippen LogP contribution >= 0.6 is 0 Å². The van der Waals surface area contributed by atoms with Crippen LogP contribution in [0, 0.1) is 0 Å². The lowest BCUT2D eigenvalue weighted by Gasteiger charge is -2.22. The molecule has 6 rings (SSSR count). The molecule has 2 saturated heterocycles. The SMILES string of the molecule is O=C1CC[C@H](/C=C/[C@@H](O)Cc2ccccc2)N1CCCCCCc1nn[nH]n1.O=C1CC[C@H](/C=C/[C@H](O)Cc2ccccc2)N1CCCCCCc1nn[nH]n1. The topological polar surface area (TPSA) is 190 Å². The van der Waals surface area contributed by atoms with Gasteiger partial charge in [0.15, 0.2) is 11.6 Å². The zero-order valence-corrected chi connectivity index (χ0v) is 32.4. The van der Waals surface area contributed by atoms with Gasteiger partial charge >= 0.3 is 0 Å².